The smallest absolute Gasteiger partial charge is 0.0720 e. The first-order chi connectivity index (χ1) is 9.42. The molecule has 3 rings (SSSR count). The van der Waals surface area contributed by atoms with Crippen molar-refractivity contribution >= 4 is 0 Å². The zero-order valence-electron chi connectivity index (χ0n) is 11.0. The molecule has 0 fully saturated rings. The molecule has 2 nitrogen and oxygen atoms in total. The van der Waals surface area contributed by atoms with E-state index in [0.717, 1.165) is 26.2 Å². The molecule has 0 unspecified atom stereocenters. The van der Waals surface area contributed by atoms with Crippen LogP contribution in [0.3, 0.4) is 0 Å². The molecule has 0 aromatic heterocycles. The SMILES string of the molecule is c1ccc(C[C@H]2COCc3ccccc3CN2)cc1. The molecule has 1 atom stereocenters. The van der Waals surface area contributed by atoms with E-state index in [2.05, 4.69) is 59.9 Å². The largest absolute Gasteiger partial charge is 0.375 e. The van der Waals surface area contributed by atoms with Crippen LogP contribution in [0.5, 0.6) is 0 Å². The van der Waals surface area contributed by atoms with Crippen molar-refractivity contribution in [3.8, 4) is 0 Å². The number of hydrogen-bond acceptors (Lipinski definition) is 2. The third-order valence-corrected chi connectivity index (χ3v) is 3.60. The van der Waals surface area contributed by atoms with Crippen LogP contribution in [0.4, 0.5) is 0 Å². The predicted octanol–water partition coefficient (Wildman–Crippen LogP) is 2.92. The molecule has 2 aromatic rings. The molecule has 0 aliphatic carbocycles. The molecular formula is C17H19NO. The lowest BCUT2D eigenvalue weighted by molar-refractivity contribution is 0.0926. The Hall–Kier alpha value is -1.64. The molecule has 0 bridgehead atoms. The Morgan fingerprint density at radius 2 is 1.68 bits per heavy atom. The predicted molar refractivity (Wildman–Crippen MR) is 76.9 cm³/mol. The molecule has 0 spiro atoms. The molecule has 1 aliphatic heterocycles. The number of hydrogen-bond donors (Lipinski definition) is 1. The van der Waals surface area contributed by atoms with Crippen molar-refractivity contribution in [2.45, 2.75) is 25.6 Å². The van der Waals surface area contributed by atoms with Gasteiger partial charge in [-0.05, 0) is 23.1 Å². The lowest BCUT2D eigenvalue weighted by Crippen LogP contribution is -2.36. The van der Waals surface area contributed by atoms with Crippen molar-refractivity contribution in [2.75, 3.05) is 6.61 Å². The van der Waals surface area contributed by atoms with Gasteiger partial charge in [0, 0.05) is 12.6 Å². The first-order valence-corrected chi connectivity index (χ1v) is 6.83. The number of ether oxygens (including phenoxy) is 1. The Bertz CT molecular complexity index is 524. The maximum absolute atomic E-state index is 5.82. The number of nitrogens with one attached hydrogen (secondary N) is 1. The van der Waals surface area contributed by atoms with E-state index < -0.39 is 0 Å². The summed E-state index contributed by atoms with van der Waals surface area (Å²) in [5.41, 5.74) is 4.01. The molecule has 2 heteroatoms. The van der Waals surface area contributed by atoms with Gasteiger partial charge in [-0.1, -0.05) is 54.6 Å². The Kier molecular flexibility index (Phi) is 3.92. The molecule has 98 valence electrons. The molecule has 0 saturated carbocycles. The average Bonchev–Trinajstić information content (AvgIpc) is 2.44. The summed E-state index contributed by atoms with van der Waals surface area (Å²) in [6, 6.07) is 19.5. The summed E-state index contributed by atoms with van der Waals surface area (Å²) < 4.78 is 5.82. The number of fused-ring (bicyclic) bond motifs is 1. The summed E-state index contributed by atoms with van der Waals surface area (Å²) in [5.74, 6) is 0. The van der Waals surface area contributed by atoms with E-state index in [9.17, 15) is 0 Å². The van der Waals surface area contributed by atoms with E-state index in [1.807, 2.05) is 0 Å². The van der Waals surface area contributed by atoms with Crippen molar-refractivity contribution in [3.63, 3.8) is 0 Å². The van der Waals surface area contributed by atoms with Crippen LogP contribution in [0.1, 0.15) is 16.7 Å². The van der Waals surface area contributed by atoms with E-state index >= 15 is 0 Å². The Balaban J connectivity index is 1.67. The van der Waals surface area contributed by atoms with Gasteiger partial charge in [-0.2, -0.15) is 0 Å². The van der Waals surface area contributed by atoms with Gasteiger partial charge in [0.05, 0.1) is 13.2 Å². The summed E-state index contributed by atoms with van der Waals surface area (Å²) in [4.78, 5) is 0. The van der Waals surface area contributed by atoms with E-state index in [1.54, 1.807) is 0 Å². The number of benzene rings is 2. The maximum atomic E-state index is 5.82. The highest BCUT2D eigenvalue weighted by atomic mass is 16.5. The lowest BCUT2D eigenvalue weighted by atomic mass is 10.0. The van der Waals surface area contributed by atoms with Crippen molar-refractivity contribution < 1.29 is 4.74 Å². The summed E-state index contributed by atoms with van der Waals surface area (Å²) in [5, 5.41) is 3.60. The zero-order valence-corrected chi connectivity index (χ0v) is 11.0. The minimum absolute atomic E-state index is 0.385. The van der Waals surface area contributed by atoms with E-state index in [1.165, 1.54) is 16.7 Å². The molecule has 0 amide bonds. The van der Waals surface area contributed by atoms with Gasteiger partial charge in [0.15, 0.2) is 0 Å². The van der Waals surface area contributed by atoms with Crippen LogP contribution in [0.25, 0.3) is 0 Å². The van der Waals surface area contributed by atoms with Crippen LogP contribution in [0.2, 0.25) is 0 Å². The third-order valence-electron chi connectivity index (χ3n) is 3.60. The second-order valence-corrected chi connectivity index (χ2v) is 5.05. The molecule has 1 heterocycles. The number of rotatable bonds is 2. The Morgan fingerprint density at radius 1 is 0.947 bits per heavy atom. The van der Waals surface area contributed by atoms with E-state index in [0.29, 0.717) is 6.04 Å². The summed E-state index contributed by atoms with van der Waals surface area (Å²) in [6.45, 7) is 2.42. The fourth-order valence-corrected chi connectivity index (χ4v) is 2.52. The lowest BCUT2D eigenvalue weighted by Gasteiger charge is -2.23. The summed E-state index contributed by atoms with van der Waals surface area (Å²) in [6.07, 6.45) is 1.02. The van der Waals surface area contributed by atoms with Gasteiger partial charge in [0.2, 0.25) is 0 Å². The normalized spacial score (nSPS) is 19.3. The molecule has 0 saturated heterocycles. The molecular weight excluding hydrogens is 234 g/mol. The van der Waals surface area contributed by atoms with E-state index in [-0.39, 0.29) is 0 Å². The minimum atomic E-state index is 0.385. The minimum Gasteiger partial charge on any atom is -0.375 e. The van der Waals surface area contributed by atoms with Gasteiger partial charge in [0.1, 0.15) is 0 Å². The fourth-order valence-electron chi connectivity index (χ4n) is 2.52. The highest BCUT2D eigenvalue weighted by Gasteiger charge is 2.14. The van der Waals surface area contributed by atoms with Crippen molar-refractivity contribution in [2.24, 2.45) is 0 Å². The van der Waals surface area contributed by atoms with Crippen molar-refractivity contribution in [3.05, 3.63) is 71.3 Å². The second kappa shape index (κ2) is 6.00. The zero-order chi connectivity index (χ0) is 12.9. The summed E-state index contributed by atoms with van der Waals surface area (Å²) >= 11 is 0. The summed E-state index contributed by atoms with van der Waals surface area (Å²) in [7, 11) is 0. The van der Waals surface area contributed by atoms with Gasteiger partial charge in [-0.3, -0.25) is 0 Å². The van der Waals surface area contributed by atoms with Crippen LogP contribution in [0.15, 0.2) is 54.6 Å². The highest BCUT2D eigenvalue weighted by Crippen LogP contribution is 2.14. The average molecular weight is 253 g/mol. The fraction of sp³-hybridized carbons (Fsp3) is 0.294. The molecule has 0 radical (unpaired) electrons. The first kappa shape index (κ1) is 12.4. The van der Waals surface area contributed by atoms with Gasteiger partial charge < -0.3 is 10.1 Å². The molecule has 19 heavy (non-hydrogen) atoms. The van der Waals surface area contributed by atoms with Crippen LogP contribution in [-0.4, -0.2) is 12.6 Å². The maximum Gasteiger partial charge on any atom is 0.0720 e. The topological polar surface area (TPSA) is 21.3 Å². The van der Waals surface area contributed by atoms with Crippen LogP contribution < -0.4 is 5.32 Å². The molecule has 1 N–H and O–H groups in total. The highest BCUT2D eigenvalue weighted by molar-refractivity contribution is 5.27. The van der Waals surface area contributed by atoms with Crippen LogP contribution in [-0.2, 0) is 24.3 Å². The standard InChI is InChI=1S/C17H19NO/c1-2-6-14(7-3-1)10-17-13-19-12-16-9-5-4-8-15(16)11-18-17/h1-9,17-18H,10-13H2/t17-/m0/s1. The second-order valence-electron chi connectivity index (χ2n) is 5.05. The van der Waals surface area contributed by atoms with Gasteiger partial charge in [-0.25, -0.2) is 0 Å². The van der Waals surface area contributed by atoms with Crippen LogP contribution >= 0.6 is 0 Å². The molecule has 1 aliphatic rings. The van der Waals surface area contributed by atoms with Crippen molar-refractivity contribution in [1.29, 1.82) is 0 Å². The third kappa shape index (κ3) is 3.22. The monoisotopic (exact) mass is 253 g/mol. The quantitative estimate of drug-likeness (QED) is 0.888. The van der Waals surface area contributed by atoms with Crippen molar-refractivity contribution in [1.82, 2.24) is 5.32 Å². The van der Waals surface area contributed by atoms with Crippen LogP contribution in [0, 0.1) is 0 Å². The van der Waals surface area contributed by atoms with Gasteiger partial charge in [-0.15, -0.1) is 0 Å². The Morgan fingerprint density at radius 3 is 2.53 bits per heavy atom. The molecule has 2 aromatic carbocycles. The van der Waals surface area contributed by atoms with Gasteiger partial charge in [0.25, 0.3) is 0 Å². The first-order valence-electron chi connectivity index (χ1n) is 6.83. The van der Waals surface area contributed by atoms with Gasteiger partial charge >= 0.3 is 0 Å². The Labute approximate surface area is 114 Å². The van der Waals surface area contributed by atoms with E-state index in [4.69, 9.17) is 4.74 Å².